The highest BCUT2D eigenvalue weighted by Crippen LogP contribution is 2.52. The van der Waals surface area contributed by atoms with Gasteiger partial charge in [-0.15, -0.1) is 13.2 Å². The molecule has 0 atom stereocenters. The number of benzene rings is 3. The van der Waals surface area contributed by atoms with E-state index < -0.39 is 6.36 Å². The molecule has 0 radical (unpaired) electrons. The van der Waals surface area contributed by atoms with Gasteiger partial charge in [0.25, 0.3) is 5.56 Å². The Labute approximate surface area is 245 Å². The Bertz CT molecular complexity index is 1700. The Balaban J connectivity index is 1.17. The van der Waals surface area contributed by atoms with E-state index in [1.165, 1.54) is 12.1 Å². The minimum absolute atomic E-state index is 0.116. The van der Waals surface area contributed by atoms with E-state index in [1.54, 1.807) is 23.1 Å². The van der Waals surface area contributed by atoms with Gasteiger partial charge in [0.15, 0.2) is 0 Å². The minimum atomic E-state index is -4.75. The van der Waals surface area contributed by atoms with Gasteiger partial charge in [-0.25, -0.2) is 4.98 Å². The lowest BCUT2D eigenvalue weighted by Crippen LogP contribution is -2.34. The molecule has 1 aromatic heterocycles. The molecule has 1 N–H and O–H groups in total. The number of aryl methyl sites for hydroxylation is 1. The van der Waals surface area contributed by atoms with Crippen LogP contribution in [0.2, 0.25) is 5.02 Å². The van der Waals surface area contributed by atoms with E-state index in [-0.39, 0.29) is 35.6 Å². The molecule has 3 aromatic carbocycles. The first-order chi connectivity index (χ1) is 20.1. The number of carbonyl (C=O) groups is 1. The lowest BCUT2D eigenvalue weighted by molar-refractivity contribution is -0.274. The highest BCUT2D eigenvalue weighted by Gasteiger charge is 2.48. The third kappa shape index (κ3) is 5.92. The van der Waals surface area contributed by atoms with Crippen LogP contribution < -0.4 is 10.3 Å². The van der Waals surface area contributed by atoms with Crippen molar-refractivity contribution in [3.05, 3.63) is 116 Å². The van der Waals surface area contributed by atoms with Crippen molar-refractivity contribution in [2.45, 2.75) is 50.4 Å². The van der Waals surface area contributed by atoms with Gasteiger partial charge in [0.05, 0.1) is 29.6 Å². The normalized spacial score (nSPS) is 16.0. The van der Waals surface area contributed by atoms with E-state index in [2.05, 4.69) is 9.72 Å². The highest BCUT2D eigenvalue weighted by atomic mass is 35.5. The average molecular weight is 594 g/mol. The first-order valence-corrected chi connectivity index (χ1v) is 14.1. The second-order valence-corrected chi connectivity index (χ2v) is 11.2. The quantitative estimate of drug-likeness (QED) is 0.274. The van der Waals surface area contributed by atoms with Gasteiger partial charge < -0.3 is 14.6 Å². The van der Waals surface area contributed by atoms with Crippen LogP contribution in [0.1, 0.15) is 47.5 Å². The summed E-state index contributed by atoms with van der Waals surface area (Å²) in [5.74, 6) is 0.241. The Hall–Kier alpha value is -4.11. The SMILES string of the molecule is O=C(Cc1cccc(-c2ccc(OC(F)(F)F)cc2)c1)N1CCCc2nc(C3(c4cccc(Cl)c4)CC3)[nH]c(=O)c2C1. The maximum absolute atomic E-state index is 13.4. The van der Waals surface area contributed by atoms with Crippen molar-refractivity contribution in [1.82, 2.24) is 14.9 Å². The summed E-state index contributed by atoms with van der Waals surface area (Å²) in [6, 6.07) is 20.6. The van der Waals surface area contributed by atoms with E-state index in [9.17, 15) is 22.8 Å². The number of alkyl halides is 3. The van der Waals surface area contributed by atoms with E-state index in [0.29, 0.717) is 41.4 Å². The van der Waals surface area contributed by atoms with E-state index in [0.717, 1.165) is 35.2 Å². The summed E-state index contributed by atoms with van der Waals surface area (Å²) in [6.07, 6.45) is -1.58. The predicted molar refractivity (Wildman–Crippen MR) is 152 cm³/mol. The molecule has 216 valence electrons. The van der Waals surface area contributed by atoms with Crippen molar-refractivity contribution in [2.75, 3.05) is 6.54 Å². The molecule has 1 amide bonds. The summed E-state index contributed by atoms with van der Waals surface area (Å²) in [6.45, 7) is 0.686. The topological polar surface area (TPSA) is 75.3 Å². The number of nitrogens with one attached hydrogen (secondary N) is 1. The number of aromatic nitrogens is 2. The zero-order chi connectivity index (χ0) is 29.5. The maximum Gasteiger partial charge on any atom is 0.573 e. The fraction of sp³-hybridized carbons (Fsp3) is 0.281. The summed E-state index contributed by atoms with van der Waals surface area (Å²) in [5.41, 5.74) is 3.96. The van der Waals surface area contributed by atoms with Crippen LogP contribution in [-0.2, 0) is 29.6 Å². The van der Waals surface area contributed by atoms with Crippen molar-refractivity contribution in [3.8, 4) is 16.9 Å². The number of amides is 1. The molecule has 2 aliphatic rings. The molecule has 6 rings (SSSR count). The first kappa shape index (κ1) is 28.0. The number of H-pyrrole nitrogens is 1. The summed E-state index contributed by atoms with van der Waals surface area (Å²) in [4.78, 5) is 36.3. The largest absolute Gasteiger partial charge is 0.573 e. The lowest BCUT2D eigenvalue weighted by Gasteiger charge is -2.21. The fourth-order valence-electron chi connectivity index (χ4n) is 5.63. The lowest BCUT2D eigenvalue weighted by atomic mass is 9.94. The van der Waals surface area contributed by atoms with Gasteiger partial charge in [-0.1, -0.05) is 60.1 Å². The molecular formula is C32H27ClF3N3O3. The molecule has 10 heteroatoms. The smallest absolute Gasteiger partial charge is 0.406 e. The number of hydrogen-bond acceptors (Lipinski definition) is 4. The van der Waals surface area contributed by atoms with Crippen LogP contribution in [-0.4, -0.2) is 33.7 Å². The summed E-state index contributed by atoms with van der Waals surface area (Å²) < 4.78 is 41.4. The third-order valence-electron chi connectivity index (χ3n) is 7.93. The molecule has 0 unspecified atom stereocenters. The Morgan fingerprint density at radius 2 is 1.79 bits per heavy atom. The van der Waals surface area contributed by atoms with Crippen molar-refractivity contribution in [1.29, 1.82) is 0 Å². The maximum atomic E-state index is 13.4. The van der Waals surface area contributed by atoms with Crippen LogP contribution in [0, 0.1) is 0 Å². The van der Waals surface area contributed by atoms with Crippen LogP contribution in [0.3, 0.4) is 0 Å². The van der Waals surface area contributed by atoms with Crippen molar-refractivity contribution < 1.29 is 22.7 Å². The third-order valence-corrected chi connectivity index (χ3v) is 8.16. The molecule has 1 aliphatic carbocycles. The number of aromatic amines is 1. The highest BCUT2D eigenvalue weighted by molar-refractivity contribution is 6.30. The molecule has 0 saturated heterocycles. The molecule has 42 heavy (non-hydrogen) atoms. The molecular weight excluding hydrogens is 567 g/mol. The van der Waals surface area contributed by atoms with Crippen molar-refractivity contribution in [2.24, 2.45) is 0 Å². The van der Waals surface area contributed by atoms with Crippen molar-refractivity contribution in [3.63, 3.8) is 0 Å². The number of halogens is 4. The van der Waals surface area contributed by atoms with Gasteiger partial charge in [-0.2, -0.15) is 0 Å². The van der Waals surface area contributed by atoms with Gasteiger partial charge in [-0.05, 0) is 72.2 Å². The molecule has 0 spiro atoms. The predicted octanol–water partition coefficient (Wildman–Crippen LogP) is 6.59. The minimum Gasteiger partial charge on any atom is -0.406 e. The van der Waals surface area contributed by atoms with E-state index in [4.69, 9.17) is 16.6 Å². The van der Waals surface area contributed by atoms with Gasteiger partial charge >= 0.3 is 6.36 Å². The first-order valence-electron chi connectivity index (χ1n) is 13.7. The number of nitrogens with zero attached hydrogens (tertiary/aromatic N) is 2. The fourth-order valence-corrected chi connectivity index (χ4v) is 5.82. The van der Waals surface area contributed by atoms with E-state index >= 15 is 0 Å². The van der Waals surface area contributed by atoms with Crippen LogP contribution in [0.25, 0.3) is 11.1 Å². The number of rotatable bonds is 6. The zero-order valence-electron chi connectivity index (χ0n) is 22.5. The Morgan fingerprint density at radius 3 is 2.50 bits per heavy atom. The number of carbonyl (C=O) groups excluding carboxylic acids is 1. The summed E-state index contributed by atoms with van der Waals surface area (Å²) in [5, 5.41) is 0.643. The summed E-state index contributed by atoms with van der Waals surface area (Å²) >= 11 is 6.23. The monoisotopic (exact) mass is 593 g/mol. The number of fused-ring (bicyclic) bond motifs is 1. The molecule has 1 saturated carbocycles. The van der Waals surface area contributed by atoms with Gasteiger partial charge in [-0.3, -0.25) is 9.59 Å². The van der Waals surface area contributed by atoms with Gasteiger partial charge in [0.2, 0.25) is 5.91 Å². The molecule has 4 aromatic rings. The molecule has 6 nitrogen and oxygen atoms in total. The van der Waals surface area contributed by atoms with Crippen molar-refractivity contribution >= 4 is 17.5 Å². The van der Waals surface area contributed by atoms with Gasteiger partial charge in [0, 0.05) is 11.6 Å². The second-order valence-electron chi connectivity index (χ2n) is 10.8. The zero-order valence-corrected chi connectivity index (χ0v) is 23.3. The van der Waals surface area contributed by atoms with Crippen LogP contribution in [0.4, 0.5) is 13.2 Å². The van der Waals surface area contributed by atoms with Gasteiger partial charge in [0.1, 0.15) is 11.6 Å². The molecule has 1 fully saturated rings. The number of hydrogen-bond donors (Lipinski definition) is 1. The second kappa shape index (κ2) is 10.9. The van der Waals surface area contributed by atoms with Crippen LogP contribution >= 0.6 is 11.6 Å². The summed E-state index contributed by atoms with van der Waals surface area (Å²) in [7, 11) is 0. The molecule has 2 heterocycles. The number of ether oxygens (including phenoxy) is 1. The van der Waals surface area contributed by atoms with Crippen LogP contribution in [0.5, 0.6) is 5.75 Å². The molecule has 0 bridgehead atoms. The average Bonchev–Trinajstić information content (AvgIpc) is 3.77. The Morgan fingerprint density at radius 1 is 1.02 bits per heavy atom. The standard InChI is InChI=1S/C32H27ClF3N3O3/c33-24-7-2-6-23(18-24)31(13-14-31)30-37-27-8-3-15-39(19-26(27)29(41)38-30)28(40)17-20-4-1-5-22(16-20)21-9-11-25(12-10-21)42-32(34,35)36/h1-2,4-7,9-12,16,18H,3,8,13-15,17,19H2,(H,37,38,41). The van der Waals surface area contributed by atoms with E-state index in [1.807, 2.05) is 42.5 Å². The van der Waals surface area contributed by atoms with Crippen LogP contribution in [0.15, 0.2) is 77.6 Å². The Kier molecular flexibility index (Phi) is 7.30. The molecule has 1 aliphatic heterocycles.